The zero-order valence-corrected chi connectivity index (χ0v) is 13.5. The summed E-state index contributed by atoms with van der Waals surface area (Å²) in [7, 11) is 0. The lowest BCUT2D eigenvalue weighted by Crippen LogP contribution is -2.65. The van der Waals surface area contributed by atoms with Crippen LogP contribution in [-0.2, 0) is 4.79 Å². The number of aliphatic hydroxyl groups is 1. The van der Waals surface area contributed by atoms with E-state index in [1.54, 1.807) is 0 Å². The Hall–Kier alpha value is -0.260. The van der Waals surface area contributed by atoms with Crippen molar-refractivity contribution in [1.29, 1.82) is 0 Å². The standard InChI is InChI=1S/C16H26N2O2S/c19-14(18-1-3-21-4-2-18)10-17-15-6-12-5-13(7-15)9-16(20,8-12)11-15/h12-13,17,20H,1-11H2. The summed E-state index contributed by atoms with van der Waals surface area (Å²) in [5.74, 6) is 3.73. The van der Waals surface area contributed by atoms with Crippen LogP contribution in [0.2, 0.25) is 0 Å². The van der Waals surface area contributed by atoms with Gasteiger partial charge >= 0.3 is 0 Å². The lowest BCUT2D eigenvalue weighted by molar-refractivity contribution is -0.146. The fourth-order valence-electron chi connectivity index (χ4n) is 5.61. The predicted octanol–water partition coefficient (Wildman–Crippen LogP) is 1.24. The van der Waals surface area contributed by atoms with Gasteiger partial charge in [0.1, 0.15) is 0 Å². The van der Waals surface area contributed by atoms with E-state index >= 15 is 0 Å². The summed E-state index contributed by atoms with van der Waals surface area (Å²) in [6, 6.07) is 0. The fraction of sp³-hybridized carbons (Fsp3) is 0.938. The van der Waals surface area contributed by atoms with Crippen molar-refractivity contribution >= 4 is 17.7 Å². The Labute approximate surface area is 131 Å². The molecule has 4 aliphatic carbocycles. The Bertz CT molecular complexity index is 422. The Morgan fingerprint density at radius 3 is 2.48 bits per heavy atom. The minimum absolute atomic E-state index is 0.0407. The number of thioether (sulfide) groups is 1. The molecule has 5 fully saturated rings. The predicted molar refractivity (Wildman–Crippen MR) is 84.3 cm³/mol. The maximum atomic E-state index is 12.4. The van der Waals surface area contributed by atoms with Crippen molar-refractivity contribution in [1.82, 2.24) is 10.2 Å². The number of nitrogens with one attached hydrogen (secondary N) is 1. The first-order valence-electron chi connectivity index (χ1n) is 8.39. The summed E-state index contributed by atoms with van der Waals surface area (Å²) in [5.41, 5.74) is -0.402. The quantitative estimate of drug-likeness (QED) is 0.823. The van der Waals surface area contributed by atoms with Crippen molar-refractivity contribution in [3.05, 3.63) is 0 Å². The van der Waals surface area contributed by atoms with Crippen LogP contribution in [0.1, 0.15) is 38.5 Å². The highest BCUT2D eigenvalue weighted by Gasteiger charge is 2.57. The third-order valence-electron chi connectivity index (χ3n) is 6.01. The summed E-state index contributed by atoms with van der Waals surface area (Å²) in [4.78, 5) is 14.4. The second-order valence-electron chi connectivity index (χ2n) is 7.81. The van der Waals surface area contributed by atoms with E-state index in [0.29, 0.717) is 18.4 Å². The van der Waals surface area contributed by atoms with Crippen LogP contribution < -0.4 is 5.32 Å². The van der Waals surface area contributed by atoms with E-state index in [-0.39, 0.29) is 11.4 Å². The van der Waals surface area contributed by atoms with Crippen LogP contribution in [0.3, 0.4) is 0 Å². The first-order valence-corrected chi connectivity index (χ1v) is 9.54. The molecule has 0 aromatic heterocycles. The molecular weight excluding hydrogens is 284 g/mol. The van der Waals surface area contributed by atoms with E-state index in [1.807, 2.05) is 16.7 Å². The highest BCUT2D eigenvalue weighted by molar-refractivity contribution is 7.99. The first-order chi connectivity index (χ1) is 10.1. The van der Waals surface area contributed by atoms with Crippen molar-refractivity contribution in [3.8, 4) is 0 Å². The van der Waals surface area contributed by atoms with E-state index in [9.17, 15) is 9.90 Å². The number of nitrogens with zero attached hydrogens (tertiary/aromatic N) is 1. The van der Waals surface area contributed by atoms with Crippen LogP contribution in [0.5, 0.6) is 0 Å². The topological polar surface area (TPSA) is 52.6 Å². The molecule has 0 aromatic carbocycles. The molecule has 4 saturated carbocycles. The van der Waals surface area contributed by atoms with Gasteiger partial charge in [0.2, 0.25) is 5.91 Å². The van der Waals surface area contributed by atoms with Crippen LogP contribution >= 0.6 is 11.8 Å². The summed E-state index contributed by atoms with van der Waals surface area (Å²) in [6.07, 6.45) is 6.46. The normalized spacial score (nSPS) is 45.1. The average Bonchev–Trinajstić information content (AvgIpc) is 2.43. The number of carbonyl (C=O) groups excluding carboxylic acids is 1. The molecule has 4 nitrogen and oxygen atoms in total. The summed E-state index contributed by atoms with van der Waals surface area (Å²) >= 11 is 1.93. The molecule has 5 rings (SSSR count). The lowest BCUT2D eigenvalue weighted by atomic mass is 9.51. The second-order valence-corrected chi connectivity index (χ2v) is 9.04. The van der Waals surface area contributed by atoms with E-state index in [1.165, 1.54) is 6.42 Å². The Balaban J connectivity index is 1.39. The van der Waals surface area contributed by atoms with Gasteiger partial charge < -0.3 is 15.3 Å². The fourth-order valence-corrected chi connectivity index (χ4v) is 6.51. The average molecular weight is 310 g/mol. The molecule has 4 bridgehead atoms. The van der Waals surface area contributed by atoms with Crippen LogP contribution in [0.25, 0.3) is 0 Å². The van der Waals surface area contributed by atoms with Crippen LogP contribution in [-0.4, -0.2) is 58.2 Å². The van der Waals surface area contributed by atoms with Gasteiger partial charge in [0, 0.05) is 30.1 Å². The smallest absolute Gasteiger partial charge is 0.236 e. The van der Waals surface area contributed by atoms with Gasteiger partial charge in [-0.2, -0.15) is 11.8 Å². The minimum atomic E-state index is -0.443. The molecule has 1 amide bonds. The summed E-state index contributed by atoms with van der Waals surface area (Å²) in [6.45, 7) is 2.25. The molecule has 5 heteroatoms. The van der Waals surface area contributed by atoms with Gasteiger partial charge in [-0.3, -0.25) is 4.79 Å². The highest BCUT2D eigenvalue weighted by atomic mass is 32.2. The van der Waals surface area contributed by atoms with E-state index < -0.39 is 5.60 Å². The van der Waals surface area contributed by atoms with Gasteiger partial charge in [-0.05, 0) is 50.4 Å². The van der Waals surface area contributed by atoms with Crippen LogP contribution in [0.4, 0.5) is 0 Å². The zero-order valence-electron chi connectivity index (χ0n) is 12.6. The lowest BCUT2D eigenvalue weighted by Gasteiger charge is -2.60. The van der Waals surface area contributed by atoms with Crippen molar-refractivity contribution < 1.29 is 9.90 Å². The third kappa shape index (κ3) is 2.73. The maximum absolute atomic E-state index is 12.4. The first kappa shape index (κ1) is 14.3. The van der Waals surface area contributed by atoms with Crippen molar-refractivity contribution in [2.45, 2.75) is 49.7 Å². The minimum Gasteiger partial charge on any atom is -0.390 e. The molecule has 0 aromatic rings. The Kier molecular flexibility index (Phi) is 3.51. The molecule has 2 N–H and O–H groups in total. The van der Waals surface area contributed by atoms with Crippen LogP contribution in [0, 0.1) is 11.8 Å². The summed E-state index contributed by atoms with van der Waals surface area (Å²) in [5, 5.41) is 14.3. The van der Waals surface area contributed by atoms with Crippen molar-refractivity contribution in [2.24, 2.45) is 11.8 Å². The maximum Gasteiger partial charge on any atom is 0.236 e. The number of carbonyl (C=O) groups is 1. The van der Waals surface area contributed by atoms with Gasteiger partial charge in [-0.25, -0.2) is 0 Å². The number of amides is 1. The Morgan fingerprint density at radius 1 is 1.19 bits per heavy atom. The zero-order chi connectivity index (χ0) is 14.5. The van der Waals surface area contributed by atoms with Gasteiger partial charge in [0.15, 0.2) is 0 Å². The van der Waals surface area contributed by atoms with E-state index in [0.717, 1.165) is 56.7 Å². The number of hydrogen-bond acceptors (Lipinski definition) is 4. The monoisotopic (exact) mass is 310 g/mol. The molecule has 2 atom stereocenters. The van der Waals surface area contributed by atoms with Gasteiger partial charge in [-0.1, -0.05) is 0 Å². The molecule has 118 valence electrons. The molecule has 1 aliphatic heterocycles. The second kappa shape index (κ2) is 5.14. The third-order valence-corrected chi connectivity index (χ3v) is 6.95. The van der Waals surface area contributed by atoms with Gasteiger partial charge in [-0.15, -0.1) is 0 Å². The van der Waals surface area contributed by atoms with Crippen molar-refractivity contribution in [2.75, 3.05) is 31.1 Å². The molecular formula is C16H26N2O2S. The SMILES string of the molecule is O=C(CNC12CC3CC(CC(O)(C3)C1)C2)N1CCSCC1. The molecule has 21 heavy (non-hydrogen) atoms. The largest absolute Gasteiger partial charge is 0.390 e. The van der Waals surface area contributed by atoms with Gasteiger partial charge in [0.05, 0.1) is 12.1 Å². The molecule has 5 aliphatic rings. The highest BCUT2D eigenvalue weighted by Crippen LogP contribution is 2.57. The van der Waals surface area contributed by atoms with Gasteiger partial charge in [0.25, 0.3) is 0 Å². The number of rotatable bonds is 3. The Morgan fingerprint density at radius 2 is 1.86 bits per heavy atom. The molecule has 0 radical (unpaired) electrons. The van der Waals surface area contributed by atoms with E-state index in [2.05, 4.69) is 5.32 Å². The summed E-state index contributed by atoms with van der Waals surface area (Å²) < 4.78 is 0. The molecule has 0 spiro atoms. The molecule has 1 saturated heterocycles. The number of hydrogen-bond donors (Lipinski definition) is 2. The molecule has 2 unspecified atom stereocenters. The van der Waals surface area contributed by atoms with Crippen molar-refractivity contribution in [3.63, 3.8) is 0 Å². The van der Waals surface area contributed by atoms with E-state index in [4.69, 9.17) is 0 Å². The molecule has 1 heterocycles. The van der Waals surface area contributed by atoms with Crippen LogP contribution in [0.15, 0.2) is 0 Å².